The highest BCUT2D eigenvalue weighted by Gasteiger charge is 2.26. The van der Waals surface area contributed by atoms with Crippen molar-refractivity contribution in [2.24, 2.45) is 11.8 Å². The molecule has 1 atom stereocenters. The number of nitrogens with zero attached hydrogens (tertiary/aromatic N) is 2. The quantitative estimate of drug-likeness (QED) is 0.908. The van der Waals surface area contributed by atoms with Gasteiger partial charge >= 0.3 is 0 Å². The third kappa shape index (κ3) is 4.20. The number of amides is 1. The third-order valence-corrected chi connectivity index (χ3v) is 4.71. The number of rotatable bonds is 5. The third-order valence-electron chi connectivity index (χ3n) is 3.69. The van der Waals surface area contributed by atoms with Gasteiger partial charge in [0, 0.05) is 25.0 Å². The largest absolute Gasteiger partial charge is 0.356 e. The van der Waals surface area contributed by atoms with Crippen LogP contribution in [0.2, 0.25) is 0 Å². The lowest BCUT2D eigenvalue weighted by atomic mass is 9.97. The number of piperidine rings is 1. The van der Waals surface area contributed by atoms with E-state index in [2.05, 4.69) is 34.4 Å². The standard InChI is InChI=1S/C15H25N3OS/c1-11(2)6-7-16-14(19)13-5-4-8-18(9-13)15-17-12(3)10-20-15/h10-11,13H,4-9H2,1-3H3,(H,16,19). The second-order valence-electron chi connectivity index (χ2n) is 6.03. The van der Waals surface area contributed by atoms with Gasteiger partial charge in [0.05, 0.1) is 11.6 Å². The predicted molar refractivity (Wildman–Crippen MR) is 84.3 cm³/mol. The highest BCUT2D eigenvalue weighted by Crippen LogP contribution is 2.26. The Morgan fingerprint density at radius 2 is 2.40 bits per heavy atom. The van der Waals surface area contributed by atoms with Crippen LogP contribution < -0.4 is 10.2 Å². The molecule has 1 aromatic heterocycles. The fourth-order valence-corrected chi connectivity index (χ4v) is 3.32. The first-order chi connectivity index (χ1) is 9.56. The molecule has 1 aliphatic rings. The summed E-state index contributed by atoms with van der Waals surface area (Å²) >= 11 is 1.67. The topological polar surface area (TPSA) is 45.2 Å². The van der Waals surface area contributed by atoms with E-state index in [4.69, 9.17) is 0 Å². The molecule has 0 aromatic carbocycles. The maximum atomic E-state index is 12.2. The molecule has 1 unspecified atom stereocenters. The van der Waals surface area contributed by atoms with Crippen molar-refractivity contribution in [1.29, 1.82) is 0 Å². The average molecular weight is 295 g/mol. The highest BCUT2D eigenvalue weighted by atomic mass is 32.1. The van der Waals surface area contributed by atoms with Crippen LogP contribution in [0, 0.1) is 18.8 Å². The van der Waals surface area contributed by atoms with Crippen molar-refractivity contribution in [1.82, 2.24) is 10.3 Å². The summed E-state index contributed by atoms with van der Waals surface area (Å²) in [5.41, 5.74) is 1.06. The molecular weight excluding hydrogens is 270 g/mol. The Morgan fingerprint density at radius 3 is 3.05 bits per heavy atom. The lowest BCUT2D eigenvalue weighted by Crippen LogP contribution is -2.43. The van der Waals surface area contributed by atoms with Crippen molar-refractivity contribution in [3.8, 4) is 0 Å². The average Bonchev–Trinajstić information content (AvgIpc) is 2.85. The number of hydrogen-bond acceptors (Lipinski definition) is 4. The minimum absolute atomic E-state index is 0.111. The SMILES string of the molecule is Cc1csc(N2CCCC(C(=O)NCCC(C)C)C2)n1. The summed E-state index contributed by atoms with van der Waals surface area (Å²) in [5, 5.41) is 6.21. The first-order valence-electron chi connectivity index (χ1n) is 7.51. The Balaban J connectivity index is 1.85. The molecule has 1 N–H and O–H groups in total. The van der Waals surface area contributed by atoms with Gasteiger partial charge < -0.3 is 10.2 Å². The van der Waals surface area contributed by atoms with Crippen molar-refractivity contribution in [2.75, 3.05) is 24.5 Å². The van der Waals surface area contributed by atoms with Crippen LogP contribution in [0.15, 0.2) is 5.38 Å². The van der Waals surface area contributed by atoms with Crippen LogP contribution in [-0.2, 0) is 4.79 Å². The van der Waals surface area contributed by atoms with Crippen molar-refractivity contribution in [3.05, 3.63) is 11.1 Å². The molecule has 1 aromatic rings. The molecule has 1 aliphatic heterocycles. The Morgan fingerprint density at radius 1 is 1.60 bits per heavy atom. The lowest BCUT2D eigenvalue weighted by molar-refractivity contribution is -0.125. The number of hydrogen-bond donors (Lipinski definition) is 1. The predicted octanol–water partition coefficient (Wildman–Crippen LogP) is 2.83. The zero-order valence-electron chi connectivity index (χ0n) is 12.7. The number of thiazole rings is 1. The number of nitrogens with one attached hydrogen (secondary N) is 1. The van der Waals surface area contributed by atoms with Gasteiger partial charge in [-0.15, -0.1) is 11.3 Å². The van der Waals surface area contributed by atoms with Gasteiger partial charge in [0.25, 0.3) is 0 Å². The van der Waals surface area contributed by atoms with E-state index in [0.717, 1.165) is 49.7 Å². The van der Waals surface area contributed by atoms with Gasteiger partial charge in [-0.3, -0.25) is 4.79 Å². The molecule has 1 saturated heterocycles. The summed E-state index contributed by atoms with van der Waals surface area (Å²) in [6.45, 7) is 8.99. The maximum Gasteiger partial charge on any atom is 0.224 e. The summed E-state index contributed by atoms with van der Waals surface area (Å²) in [4.78, 5) is 19.0. The van der Waals surface area contributed by atoms with Gasteiger partial charge in [0.15, 0.2) is 5.13 Å². The molecule has 4 nitrogen and oxygen atoms in total. The van der Waals surface area contributed by atoms with E-state index < -0.39 is 0 Å². The number of carbonyl (C=O) groups excluding carboxylic acids is 1. The van der Waals surface area contributed by atoms with Gasteiger partial charge in [0.1, 0.15) is 0 Å². The summed E-state index contributed by atoms with van der Waals surface area (Å²) in [5.74, 6) is 0.959. The number of aryl methyl sites for hydroxylation is 1. The molecule has 2 rings (SSSR count). The van der Waals surface area contributed by atoms with E-state index >= 15 is 0 Å². The smallest absolute Gasteiger partial charge is 0.224 e. The molecular formula is C15H25N3OS. The van der Waals surface area contributed by atoms with Crippen LogP contribution in [-0.4, -0.2) is 30.5 Å². The summed E-state index contributed by atoms with van der Waals surface area (Å²) in [6.07, 6.45) is 3.11. The zero-order chi connectivity index (χ0) is 14.5. The monoisotopic (exact) mass is 295 g/mol. The van der Waals surface area contributed by atoms with Crippen LogP contribution in [0.5, 0.6) is 0 Å². The lowest BCUT2D eigenvalue weighted by Gasteiger charge is -2.31. The van der Waals surface area contributed by atoms with Crippen LogP contribution in [0.1, 0.15) is 38.8 Å². The highest BCUT2D eigenvalue weighted by molar-refractivity contribution is 7.13. The molecule has 1 fully saturated rings. The fourth-order valence-electron chi connectivity index (χ4n) is 2.48. The van der Waals surface area contributed by atoms with Crippen molar-refractivity contribution >= 4 is 22.4 Å². The van der Waals surface area contributed by atoms with Gasteiger partial charge in [-0.05, 0) is 32.1 Å². The maximum absolute atomic E-state index is 12.2. The van der Waals surface area contributed by atoms with E-state index in [-0.39, 0.29) is 11.8 Å². The molecule has 20 heavy (non-hydrogen) atoms. The van der Waals surface area contributed by atoms with Gasteiger partial charge in [-0.1, -0.05) is 13.8 Å². The van der Waals surface area contributed by atoms with E-state index in [1.54, 1.807) is 11.3 Å². The molecule has 0 radical (unpaired) electrons. The molecule has 0 aliphatic carbocycles. The molecule has 1 amide bonds. The molecule has 0 spiro atoms. The van der Waals surface area contributed by atoms with Gasteiger partial charge in [-0.25, -0.2) is 4.98 Å². The van der Waals surface area contributed by atoms with Gasteiger partial charge in [0.2, 0.25) is 5.91 Å². The van der Waals surface area contributed by atoms with E-state index in [9.17, 15) is 4.79 Å². The van der Waals surface area contributed by atoms with Crippen LogP contribution >= 0.6 is 11.3 Å². The Bertz CT molecular complexity index is 444. The van der Waals surface area contributed by atoms with Crippen LogP contribution in [0.25, 0.3) is 0 Å². The number of anilines is 1. The number of aromatic nitrogens is 1. The van der Waals surface area contributed by atoms with Crippen molar-refractivity contribution in [2.45, 2.75) is 40.0 Å². The number of carbonyl (C=O) groups is 1. The van der Waals surface area contributed by atoms with Crippen molar-refractivity contribution < 1.29 is 4.79 Å². The summed E-state index contributed by atoms with van der Waals surface area (Å²) in [6, 6.07) is 0. The second kappa shape index (κ2) is 7.07. The first-order valence-corrected chi connectivity index (χ1v) is 8.39. The first kappa shape index (κ1) is 15.3. The van der Waals surface area contributed by atoms with E-state index in [0.29, 0.717) is 5.92 Å². The fraction of sp³-hybridized carbons (Fsp3) is 0.733. The Hall–Kier alpha value is -1.10. The summed E-state index contributed by atoms with van der Waals surface area (Å²) in [7, 11) is 0. The Kier molecular flexibility index (Phi) is 5.40. The normalized spacial score (nSPS) is 19.4. The van der Waals surface area contributed by atoms with E-state index in [1.165, 1.54) is 0 Å². The zero-order valence-corrected chi connectivity index (χ0v) is 13.5. The molecule has 0 saturated carbocycles. The van der Waals surface area contributed by atoms with Crippen LogP contribution in [0.3, 0.4) is 0 Å². The second-order valence-corrected chi connectivity index (χ2v) is 6.87. The van der Waals surface area contributed by atoms with Crippen molar-refractivity contribution in [3.63, 3.8) is 0 Å². The summed E-state index contributed by atoms with van der Waals surface area (Å²) < 4.78 is 0. The van der Waals surface area contributed by atoms with Crippen LogP contribution in [0.4, 0.5) is 5.13 Å². The molecule has 2 heterocycles. The molecule has 112 valence electrons. The minimum Gasteiger partial charge on any atom is -0.356 e. The minimum atomic E-state index is 0.111. The van der Waals surface area contributed by atoms with E-state index in [1.807, 2.05) is 6.92 Å². The Labute approximate surface area is 125 Å². The van der Waals surface area contributed by atoms with Gasteiger partial charge in [-0.2, -0.15) is 0 Å². The molecule has 5 heteroatoms. The molecule has 0 bridgehead atoms.